The molecule has 2 aliphatic heterocycles. The van der Waals surface area contributed by atoms with Gasteiger partial charge in [-0.2, -0.15) is 4.48 Å². The summed E-state index contributed by atoms with van der Waals surface area (Å²) in [5.41, 5.74) is 0.896. The maximum atomic E-state index is 13.5. The molecule has 2 aromatic rings. The first-order chi connectivity index (χ1) is 15.8. The Bertz CT molecular complexity index is 1070. The molecule has 2 heterocycles. The molecular weight excluding hydrogens is 416 g/mol. The van der Waals surface area contributed by atoms with Crippen molar-refractivity contribution in [2.24, 2.45) is 10.9 Å². The van der Waals surface area contributed by atoms with Crippen LogP contribution in [0.15, 0.2) is 65.2 Å². The summed E-state index contributed by atoms with van der Waals surface area (Å²) in [6.45, 7) is 4.92. The molecule has 0 saturated heterocycles. The van der Waals surface area contributed by atoms with Crippen molar-refractivity contribution in [3.63, 3.8) is 0 Å². The second kappa shape index (κ2) is 7.92. The van der Waals surface area contributed by atoms with Crippen LogP contribution in [0.25, 0.3) is 0 Å². The molecule has 1 aliphatic carbocycles. The molecule has 172 valence electrons. The number of quaternary nitrogens is 1. The van der Waals surface area contributed by atoms with Gasteiger partial charge in [0.05, 0.1) is 12.6 Å². The van der Waals surface area contributed by atoms with Crippen LogP contribution in [-0.2, 0) is 5.54 Å². The fourth-order valence-electron chi connectivity index (χ4n) is 5.57. The van der Waals surface area contributed by atoms with E-state index in [1.807, 2.05) is 24.3 Å². The zero-order chi connectivity index (χ0) is 23.2. The maximum absolute atomic E-state index is 13.5. The molecule has 3 aliphatic rings. The van der Waals surface area contributed by atoms with Gasteiger partial charge >= 0.3 is 6.03 Å². The minimum absolute atomic E-state index is 0.0243. The Hall–Kier alpha value is -3.32. The second-order valence-electron chi connectivity index (χ2n) is 9.71. The van der Waals surface area contributed by atoms with E-state index < -0.39 is 5.54 Å². The summed E-state index contributed by atoms with van der Waals surface area (Å²) in [6, 6.07) is 14.0. The number of nitrogens with zero attached hydrogens (tertiary/aromatic N) is 2. The number of phenolic OH excluding ortho intramolecular Hbond substituents is 2. The van der Waals surface area contributed by atoms with Crippen LogP contribution in [0.2, 0.25) is 0 Å². The predicted octanol–water partition coefficient (Wildman–Crippen LogP) is 4.28. The first-order valence-electron chi connectivity index (χ1n) is 11.7. The average Bonchev–Trinajstić information content (AvgIpc) is 3.41. The minimum atomic E-state index is -0.861. The lowest BCUT2D eigenvalue weighted by Gasteiger charge is -2.42. The van der Waals surface area contributed by atoms with Crippen LogP contribution in [0.3, 0.4) is 0 Å². The molecular formula is C26H31N4O3+. The van der Waals surface area contributed by atoms with E-state index in [2.05, 4.69) is 24.5 Å². The Kier molecular flexibility index (Phi) is 5.16. The summed E-state index contributed by atoms with van der Waals surface area (Å²) in [6.07, 6.45) is 6.53. The van der Waals surface area contributed by atoms with Gasteiger partial charge in [-0.3, -0.25) is 5.32 Å². The molecule has 2 aromatic carbocycles. The first kappa shape index (κ1) is 21.5. The van der Waals surface area contributed by atoms with Crippen molar-refractivity contribution < 1.29 is 19.5 Å². The van der Waals surface area contributed by atoms with Gasteiger partial charge in [-0.05, 0) is 62.1 Å². The van der Waals surface area contributed by atoms with Gasteiger partial charge in [0.25, 0.3) is 5.82 Å². The molecule has 0 aromatic heterocycles. The van der Waals surface area contributed by atoms with E-state index in [1.165, 1.54) is 12.8 Å². The van der Waals surface area contributed by atoms with E-state index in [0.29, 0.717) is 11.7 Å². The molecule has 0 spiro atoms. The number of carbonyl (C=O) groups excluding carboxylic acids is 1. The molecule has 5 rings (SSSR count). The van der Waals surface area contributed by atoms with Crippen molar-refractivity contribution in [2.45, 2.75) is 51.1 Å². The molecule has 7 nitrogen and oxygen atoms in total. The highest BCUT2D eigenvalue weighted by atomic mass is 16.3. The predicted molar refractivity (Wildman–Crippen MR) is 126 cm³/mol. The third kappa shape index (κ3) is 3.38. The van der Waals surface area contributed by atoms with Crippen molar-refractivity contribution >= 4 is 12.2 Å². The number of rotatable bonds is 5. The number of phenols is 2. The monoisotopic (exact) mass is 447 g/mol. The Balaban J connectivity index is 1.64. The number of aromatic hydroxyl groups is 2. The molecule has 4 N–H and O–H groups in total. The van der Waals surface area contributed by atoms with Crippen LogP contribution in [0.5, 0.6) is 11.5 Å². The van der Waals surface area contributed by atoms with E-state index in [1.54, 1.807) is 30.5 Å². The molecule has 33 heavy (non-hydrogen) atoms. The summed E-state index contributed by atoms with van der Waals surface area (Å²) in [7, 11) is 0. The van der Waals surface area contributed by atoms with E-state index in [-0.39, 0.29) is 28.1 Å². The van der Waals surface area contributed by atoms with E-state index in [9.17, 15) is 15.0 Å². The van der Waals surface area contributed by atoms with Crippen LogP contribution in [0.1, 0.15) is 50.7 Å². The highest BCUT2D eigenvalue weighted by Gasteiger charge is 2.56. The van der Waals surface area contributed by atoms with Gasteiger partial charge in [-0.15, -0.1) is 0 Å². The fourth-order valence-corrected chi connectivity index (χ4v) is 5.57. The second-order valence-corrected chi connectivity index (χ2v) is 9.71. The molecule has 2 amide bonds. The molecule has 1 unspecified atom stereocenters. The lowest BCUT2D eigenvalue weighted by atomic mass is 9.82. The van der Waals surface area contributed by atoms with Crippen LogP contribution in [0.4, 0.5) is 4.79 Å². The Morgan fingerprint density at radius 3 is 2.06 bits per heavy atom. The van der Waals surface area contributed by atoms with Crippen molar-refractivity contribution in [1.82, 2.24) is 10.6 Å². The van der Waals surface area contributed by atoms with Gasteiger partial charge in [0.2, 0.25) is 5.82 Å². The zero-order valence-corrected chi connectivity index (χ0v) is 19.1. The molecule has 1 atom stereocenters. The van der Waals surface area contributed by atoms with Gasteiger partial charge < -0.3 is 15.5 Å². The fraction of sp³-hybridized carbons (Fsp3) is 0.385. The number of carbonyl (C=O) groups is 1. The molecule has 7 heteroatoms. The van der Waals surface area contributed by atoms with Crippen molar-refractivity contribution in [1.29, 1.82) is 0 Å². The lowest BCUT2D eigenvalue weighted by Crippen LogP contribution is -2.62. The number of hydrogen-bond acceptors (Lipinski definition) is 5. The smallest absolute Gasteiger partial charge is 0.429 e. The van der Waals surface area contributed by atoms with Crippen LogP contribution >= 0.6 is 0 Å². The van der Waals surface area contributed by atoms with Gasteiger partial charge in [0.15, 0.2) is 0 Å². The SMILES string of the molecule is CC(C)[N+]1(CC2CCCC2)C(=O)NC2=C1NC(c1ccc(O)cc1)(c1ccc(O)cc1)C=N2. The highest BCUT2D eigenvalue weighted by molar-refractivity contribution is 5.84. The number of nitrogens with one attached hydrogen (secondary N) is 2. The summed E-state index contributed by atoms with van der Waals surface area (Å²) in [4.78, 5) is 18.3. The third-order valence-corrected chi connectivity index (χ3v) is 7.46. The summed E-state index contributed by atoms with van der Waals surface area (Å²) in [5.74, 6) is 2.21. The normalized spacial score (nSPS) is 24.2. The number of aliphatic imine (C=N–C) groups is 1. The topological polar surface area (TPSA) is 94.0 Å². The quantitative estimate of drug-likeness (QED) is 0.515. The van der Waals surface area contributed by atoms with Gasteiger partial charge in [-0.25, -0.2) is 9.79 Å². The standard InChI is InChI=1S/C26H30N4O3/c1-17(2)30(15-18-5-3-4-6-18)24-23(28-25(30)33)27-16-26(29-24,19-7-11-21(31)12-8-19)20-9-13-22(32)14-10-20/h7-14,16-18,29H,3-6,15H2,1-2H3,(H2-,28,31,32,33)/p+1. The van der Waals surface area contributed by atoms with E-state index >= 15 is 0 Å². The van der Waals surface area contributed by atoms with Crippen molar-refractivity contribution in [3.8, 4) is 11.5 Å². The Morgan fingerprint density at radius 1 is 1.00 bits per heavy atom. The number of benzene rings is 2. The van der Waals surface area contributed by atoms with Crippen molar-refractivity contribution in [3.05, 3.63) is 71.3 Å². The summed E-state index contributed by atoms with van der Waals surface area (Å²) < 4.78 is 0.190. The zero-order valence-electron chi connectivity index (χ0n) is 19.1. The number of hydrogen-bond donors (Lipinski definition) is 4. The van der Waals surface area contributed by atoms with E-state index in [0.717, 1.165) is 36.3 Å². The average molecular weight is 448 g/mol. The van der Waals surface area contributed by atoms with Crippen LogP contribution < -0.4 is 10.6 Å². The van der Waals surface area contributed by atoms with Crippen LogP contribution in [-0.4, -0.2) is 39.5 Å². The van der Waals surface area contributed by atoms with Crippen molar-refractivity contribution in [2.75, 3.05) is 6.54 Å². The van der Waals surface area contributed by atoms with Gasteiger partial charge in [-0.1, -0.05) is 37.1 Å². The third-order valence-electron chi connectivity index (χ3n) is 7.46. The first-order valence-corrected chi connectivity index (χ1v) is 11.7. The minimum Gasteiger partial charge on any atom is -0.508 e. The number of urea groups is 1. The maximum Gasteiger partial charge on any atom is 0.429 e. The van der Waals surface area contributed by atoms with E-state index in [4.69, 9.17) is 4.99 Å². The molecule has 1 fully saturated rings. The Labute approximate surface area is 194 Å². The molecule has 0 radical (unpaired) electrons. The number of amides is 2. The van der Waals surface area contributed by atoms with Gasteiger partial charge in [0, 0.05) is 12.1 Å². The van der Waals surface area contributed by atoms with Gasteiger partial charge in [0.1, 0.15) is 17.0 Å². The molecule has 0 bridgehead atoms. The highest BCUT2D eigenvalue weighted by Crippen LogP contribution is 2.41. The molecule has 1 saturated carbocycles. The van der Waals surface area contributed by atoms with Crippen LogP contribution in [0, 0.1) is 5.92 Å². The summed E-state index contributed by atoms with van der Waals surface area (Å²) in [5, 5.41) is 26.6. The lowest BCUT2D eigenvalue weighted by molar-refractivity contribution is -0.838. The Morgan fingerprint density at radius 2 is 1.55 bits per heavy atom. The largest absolute Gasteiger partial charge is 0.508 e. The summed E-state index contributed by atoms with van der Waals surface area (Å²) >= 11 is 0.